The second-order valence-corrected chi connectivity index (χ2v) is 10.1. The molecule has 3 fully saturated rings. The summed E-state index contributed by atoms with van der Waals surface area (Å²) >= 11 is 6.30. The molecule has 10 heteroatoms. The zero-order chi connectivity index (χ0) is 24.2. The lowest BCUT2D eigenvalue weighted by atomic mass is 9.93. The number of anilines is 1. The predicted octanol–water partition coefficient (Wildman–Crippen LogP) is 3.38. The highest BCUT2D eigenvalue weighted by Gasteiger charge is 2.31. The van der Waals surface area contributed by atoms with Crippen LogP contribution in [-0.4, -0.2) is 83.1 Å². The average Bonchev–Trinajstić information content (AvgIpc) is 3.33. The van der Waals surface area contributed by atoms with Crippen molar-refractivity contribution in [3.05, 3.63) is 35.2 Å². The van der Waals surface area contributed by atoms with E-state index in [1.807, 2.05) is 12.1 Å². The van der Waals surface area contributed by atoms with Gasteiger partial charge in [0.25, 0.3) is 0 Å². The Morgan fingerprint density at radius 2 is 1.89 bits per heavy atom. The molecule has 1 atom stereocenters. The number of likely N-dealkylation sites (tertiary alicyclic amines) is 1. The molecule has 35 heavy (non-hydrogen) atoms. The first kappa shape index (κ1) is 24.2. The van der Waals surface area contributed by atoms with Gasteiger partial charge in [0.2, 0.25) is 11.8 Å². The number of hydrogen-bond donors (Lipinski definition) is 0. The van der Waals surface area contributed by atoms with Gasteiger partial charge in [0.1, 0.15) is 5.15 Å². The van der Waals surface area contributed by atoms with Crippen LogP contribution in [0.1, 0.15) is 37.7 Å². The molecular formula is C25H33ClN6O3. The number of piperidine rings is 1. The Morgan fingerprint density at radius 3 is 2.66 bits per heavy atom. The zero-order valence-electron chi connectivity index (χ0n) is 20.2. The second-order valence-electron chi connectivity index (χ2n) is 9.74. The van der Waals surface area contributed by atoms with Crippen LogP contribution >= 0.6 is 11.6 Å². The molecule has 0 saturated carbocycles. The first-order valence-corrected chi connectivity index (χ1v) is 12.9. The molecule has 0 aliphatic carbocycles. The number of aromatic nitrogens is 3. The number of esters is 1. The number of nitrogens with zero attached hydrogens (tertiary/aromatic N) is 6. The fourth-order valence-corrected chi connectivity index (χ4v) is 5.63. The number of fused-ring (bicyclic) bond motifs is 1. The molecule has 188 valence electrons. The number of halogens is 1. The summed E-state index contributed by atoms with van der Waals surface area (Å²) < 4.78 is 10.8. The van der Waals surface area contributed by atoms with E-state index in [4.69, 9.17) is 21.1 Å². The van der Waals surface area contributed by atoms with Crippen LogP contribution in [0.3, 0.4) is 0 Å². The highest BCUT2D eigenvalue weighted by molar-refractivity contribution is 6.29. The van der Waals surface area contributed by atoms with Crippen LogP contribution in [0, 0.1) is 5.92 Å². The summed E-state index contributed by atoms with van der Waals surface area (Å²) in [5, 5.41) is 0.394. The predicted molar refractivity (Wildman–Crippen MR) is 133 cm³/mol. The Labute approximate surface area is 211 Å². The van der Waals surface area contributed by atoms with E-state index in [9.17, 15) is 4.79 Å². The molecule has 2 aromatic rings. The summed E-state index contributed by atoms with van der Waals surface area (Å²) in [7, 11) is 1.45. The van der Waals surface area contributed by atoms with Crippen molar-refractivity contribution in [1.82, 2.24) is 24.8 Å². The van der Waals surface area contributed by atoms with E-state index in [1.165, 1.54) is 26.5 Å². The van der Waals surface area contributed by atoms with Crippen LogP contribution < -0.4 is 9.64 Å². The van der Waals surface area contributed by atoms with E-state index in [1.54, 1.807) is 12.4 Å². The third-order valence-electron chi connectivity index (χ3n) is 7.33. The molecule has 0 spiro atoms. The lowest BCUT2D eigenvalue weighted by Crippen LogP contribution is -2.50. The van der Waals surface area contributed by atoms with Crippen LogP contribution in [-0.2, 0) is 16.1 Å². The molecule has 2 aromatic heterocycles. The molecule has 0 N–H and O–H groups in total. The number of methoxy groups -OCH3 is 1. The molecule has 0 amide bonds. The topological polar surface area (TPSA) is 83.9 Å². The average molecular weight is 501 g/mol. The smallest absolute Gasteiger partial charge is 0.305 e. The Morgan fingerprint density at radius 1 is 1.09 bits per heavy atom. The fraction of sp³-hybridized carbons (Fsp3) is 0.600. The summed E-state index contributed by atoms with van der Waals surface area (Å²) in [6.07, 6.45) is 8.42. The Kier molecular flexibility index (Phi) is 7.65. The molecule has 1 unspecified atom stereocenters. The third-order valence-corrected chi connectivity index (χ3v) is 7.53. The van der Waals surface area contributed by atoms with Gasteiger partial charge < -0.3 is 14.4 Å². The number of rotatable bonds is 7. The number of hydrogen-bond acceptors (Lipinski definition) is 9. The normalized spacial score (nSPS) is 21.7. The molecule has 5 heterocycles. The van der Waals surface area contributed by atoms with Crippen molar-refractivity contribution in [2.75, 3.05) is 51.3 Å². The Balaban J connectivity index is 1.16. The largest absolute Gasteiger partial charge is 0.469 e. The van der Waals surface area contributed by atoms with E-state index in [0.29, 0.717) is 35.2 Å². The van der Waals surface area contributed by atoms with Gasteiger partial charge in [0.05, 0.1) is 19.5 Å². The van der Waals surface area contributed by atoms with Gasteiger partial charge in [0, 0.05) is 44.7 Å². The minimum absolute atomic E-state index is 0.125. The van der Waals surface area contributed by atoms with E-state index < -0.39 is 0 Å². The van der Waals surface area contributed by atoms with E-state index >= 15 is 0 Å². The quantitative estimate of drug-likeness (QED) is 0.419. The maximum atomic E-state index is 11.5. The van der Waals surface area contributed by atoms with Gasteiger partial charge in [-0.1, -0.05) is 11.6 Å². The molecule has 3 saturated heterocycles. The van der Waals surface area contributed by atoms with E-state index in [2.05, 4.69) is 29.7 Å². The Bertz CT molecular complexity index is 1010. The van der Waals surface area contributed by atoms with Crippen LogP contribution in [0.5, 0.6) is 11.6 Å². The maximum absolute atomic E-state index is 11.5. The lowest BCUT2D eigenvalue weighted by Gasteiger charge is -2.37. The standard InChI is InChI=1S/C25H33ClN6O3/c1-34-24(33)13-18-4-7-30(8-5-18)16-19-11-22(26)29-23(12-19)35-21-14-27-25(28-15-21)32-10-9-31-6-2-3-20(31)17-32/h11-12,14-15,18,20H,2-10,13,16-17H2,1H3. The van der Waals surface area contributed by atoms with Crippen LogP contribution in [0.15, 0.2) is 24.5 Å². The first-order valence-electron chi connectivity index (χ1n) is 12.5. The van der Waals surface area contributed by atoms with Crippen molar-refractivity contribution < 1.29 is 14.3 Å². The molecular weight excluding hydrogens is 468 g/mol. The molecule has 3 aliphatic heterocycles. The van der Waals surface area contributed by atoms with Gasteiger partial charge in [-0.15, -0.1) is 0 Å². The maximum Gasteiger partial charge on any atom is 0.305 e. The van der Waals surface area contributed by atoms with Gasteiger partial charge in [-0.2, -0.15) is 0 Å². The van der Waals surface area contributed by atoms with Gasteiger partial charge in [-0.25, -0.2) is 15.0 Å². The zero-order valence-corrected chi connectivity index (χ0v) is 21.0. The van der Waals surface area contributed by atoms with Gasteiger partial charge in [-0.3, -0.25) is 14.6 Å². The fourth-order valence-electron chi connectivity index (χ4n) is 5.41. The van der Waals surface area contributed by atoms with Crippen molar-refractivity contribution in [2.45, 2.75) is 44.7 Å². The Hall–Kier alpha value is -2.49. The minimum atomic E-state index is -0.125. The number of ether oxygens (including phenoxy) is 2. The van der Waals surface area contributed by atoms with Crippen molar-refractivity contribution in [3.63, 3.8) is 0 Å². The summed E-state index contributed by atoms with van der Waals surface area (Å²) in [5.41, 5.74) is 1.04. The lowest BCUT2D eigenvalue weighted by molar-refractivity contribution is -0.142. The summed E-state index contributed by atoms with van der Waals surface area (Å²) in [5.74, 6) is 1.99. The SMILES string of the molecule is COC(=O)CC1CCN(Cc2cc(Cl)nc(Oc3cnc(N4CCN5CCCC5C4)nc3)c2)CC1. The highest BCUT2D eigenvalue weighted by Crippen LogP contribution is 2.27. The number of carbonyl (C=O) groups excluding carboxylic acids is 1. The van der Waals surface area contributed by atoms with Crippen molar-refractivity contribution in [1.29, 1.82) is 0 Å². The van der Waals surface area contributed by atoms with E-state index in [-0.39, 0.29) is 5.97 Å². The number of piperazine rings is 1. The highest BCUT2D eigenvalue weighted by atomic mass is 35.5. The third kappa shape index (κ3) is 6.20. The monoisotopic (exact) mass is 500 g/mol. The molecule has 0 aromatic carbocycles. The van der Waals surface area contributed by atoms with Crippen molar-refractivity contribution >= 4 is 23.5 Å². The van der Waals surface area contributed by atoms with Crippen LogP contribution in [0.4, 0.5) is 5.95 Å². The summed E-state index contributed by atoms with van der Waals surface area (Å²) in [4.78, 5) is 32.2. The number of carbonyl (C=O) groups is 1. The summed E-state index contributed by atoms with van der Waals surface area (Å²) in [6.45, 7) is 6.85. The van der Waals surface area contributed by atoms with Crippen LogP contribution in [0.2, 0.25) is 5.15 Å². The minimum Gasteiger partial charge on any atom is -0.469 e. The molecule has 0 bridgehead atoms. The molecule has 0 radical (unpaired) electrons. The van der Waals surface area contributed by atoms with Crippen LogP contribution in [0.25, 0.3) is 0 Å². The number of pyridine rings is 1. The van der Waals surface area contributed by atoms with Crippen molar-refractivity contribution in [3.8, 4) is 11.6 Å². The molecule has 9 nitrogen and oxygen atoms in total. The van der Waals surface area contributed by atoms with Gasteiger partial charge in [-0.05, 0) is 62.9 Å². The molecule has 5 rings (SSSR count). The van der Waals surface area contributed by atoms with E-state index in [0.717, 1.165) is 63.6 Å². The molecule has 3 aliphatic rings. The second kappa shape index (κ2) is 11.1. The van der Waals surface area contributed by atoms with Gasteiger partial charge in [0.15, 0.2) is 5.75 Å². The van der Waals surface area contributed by atoms with Gasteiger partial charge >= 0.3 is 5.97 Å². The first-order chi connectivity index (χ1) is 17.1. The summed E-state index contributed by atoms with van der Waals surface area (Å²) in [6, 6.07) is 4.41. The van der Waals surface area contributed by atoms with Crippen molar-refractivity contribution in [2.24, 2.45) is 5.92 Å².